The van der Waals surface area contributed by atoms with Crippen molar-refractivity contribution in [3.05, 3.63) is 44.9 Å². The van der Waals surface area contributed by atoms with Crippen molar-refractivity contribution in [3.8, 4) is 0 Å². The van der Waals surface area contributed by atoms with Gasteiger partial charge < -0.3 is 5.73 Å². The second-order valence-corrected chi connectivity index (χ2v) is 5.78. The fourth-order valence-corrected chi connectivity index (χ4v) is 3.05. The number of benzene rings is 1. The Labute approximate surface area is 123 Å². The molecule has 0 atom stereocenters. The van der Waals surface area contributed by atoms with Crippen LogP contribution in [0.1, 0.15) is 28.6 Å². The Morgan fingerprint density at radius 3 is 2.60 bits per heavy atom. The number of alkyl halides is 3. The van der Waals surface area contributed by atoms with Gasteiger partial charge in [0.25, 0.3) is 0 Å². The van der Waals surface area contributed by atoms with Crippen LogP contribution in [0.2, 0.25) is 5.02 Å². The van der Waals surface area contributed by atoms with Gasteiger partial charge in [-0.25, -0.2) is 4.98 Å². The van der Waals surface area contributed by atoms with Gasteiger partial charge in [0.15, 0.2) is 5.13 Å². The first kappa shape index (κ1) is 15.1. The van der Waals surface area contributed by atoms with Crippen LogP contribution in [-0.4, -0.2) is 4.98 Å². The molecule has 0 aliphatic rings. The Morgan fingerprint density at radius 2 is 2.05 bits per heavy atom. The van der Waals surface area contributed by atoms with Crippen LogP contribution in [0.3, 0.4) is 0 Å². The van der Waals surface area contributed by atoms with Crippen molar-refractivity contribution in [3.63, 3.8) is 0 Å². The van der Waals surface area contributed by atoms with Crippen molar-refractivity contribution in [2.75, 3.05) is 5.73 Å². The minimum Gasteiger partial charge on any atom is -0.375 e. The molecular formula is C13H12ClF3N2S. The third-order valence-electron chi connectivity index (χ3n) is 2.86. The lowest BCUT2D eigenvalue weighted by molar-refractivity contribution is -0.137. The van der Waals surface area contributed by atoms with Gasteiger partial charge in [0, 0.05) is 16.3 Å². The van der Waals surface area contributed by atoms with Gasteiger partial charge in [-0.15, -0.1) is 11.3 Å². The number of anilines is 1. The maximum Gasteiger partial charge on any atom is 0.416 e. The lowest BCUT2D eigenvalue weighted by atomic mass is 10.1. The van der Waals surface area contributed by atoms with Crippen molar-refractivity contribution < 1.29 is 13.2 Å². The Hall–Kier alpha value is -1.27. The predicted molar refractivity (Wildman–Crippen MR) is 75.2 cm³/mol. The summed E-state index contributed by atoms with van der Waals surface area (Å²) in [6.45, 7) is 1.95. The third kappa shape index (κ3) is 3.24. The molecule has 0 bridgehead atoms. The monoisotopic (exact) mass is 320 g/mol. The van der Waals surface area contributed by atoms with Crippen molar-refractivity contribution in [1.29, 1.82) is 0 Å². The Morgan fingerprint density at radius 1 is 1.35 bits per heavy atom. The van der Waals surface area contributed by atoms with E-state index in [0.29, 0.717) is 17.1 Å². The van der Waals surface area contributed by atoms with Crippen LogP contribution in [-0.2, 0) is 19.0 Å². The molecule has 2 rings (SSSR count). The highest BCUT2D eigenvalue weighted by molar-refractivity contribution is 7.15. The molecule has 20 heavy (non-hydrogen) atoms. The molecule has 2 N–H and O–H groups in total. The van der Waals surface area contributed by atoms with Crippen LogP contribution in [0.5, 0.6) is 0 Å². The highest BCUT2D eigenvalue weighted by atomic mass is 35.5. The minimum absolute atomic E-state index is 0.105. The van der Waals surface area contributed by atoms with Crippen LogP contribution in [0.25, 0.3) is 0 Å². The van der Waals surface area contributed by atoms with E-state index < -0.39 is 11.7 Å². The molecule has 0 aliphatic heterocycles. The Bertz CT molecular complexity index is 623. The number of halogens is 4. The lowest BCUT2D eigenvalue weighted by Crippen LogP contribution is -2.05. The van der Waals surface area contributed by atoms with E-state index in [0.717, 1.165) is 29.1 Å². The summed E-state index contributed by atoms with van der Waals surface area (Å²) in [6, 6.07) is 3.39. The van der Waals surface area contributed by atoms with E-state index in [-0.39, 0.29) is 5.02 Å². The summed E-state index contributed by atoms with van der Waals surface area (Å²) < 4.78 is 37.7. The normalized spacial score (nSPS) is 11.8. The molecule has 0 saturated carbocycles. The van der Waals surface area contributed by atoms with E-state index in [4.69, 9.17) is 17.3 Å². The largest absolute Gasteiger partial charge is 0.416 e. The number of thiazole rings is 1. The summed E-state index contributed by atoms with van der Waals surface area (Å²) in [5.74, 6) is 0. The van der Waals surface area contributed by atoms with Gasteiger partial charge in [0.2, 0.25) is 0 Å². The van der Waals surface area contributed by atoms with Crippen molar-refractivity contribution in [2.45, 2.75) is 25.9 Å². The third-order valence-corrected chi connectivity index (χ3v) is 4.14. The molecule has 0 radical (unpaired) electrons. The zero-order chi connectivity index (χ0) is 14.9. The molecule has 1 aromatic carbocycles. The minimum atomic E-state index is -4.38. The van der Waals surface area contributed by atoms with E-state index >= 15 is 0 Å². The summed E-state index contributed by atoms with van der Waals surface area (Å²) in [5.41, 5.74) is 6.41. The quantitative estimate of drug-likeness (QED) is 0.901. The topological polar surface area (TPSA) is 38.9 Å². The van der Waals surface area contributed by atoms with Gasteiger partial charge in [-0.3, -0.25) is 0 Å². The van der Waals surface area contributed by atoms with Gasteiger partial charge in [-0.1, -0.05) is 24.6 Å². The molecule has 2 aromatic rings. The summed E-state index contributed by atoms with van der Waals surface area (Å²) in [5, 5.41) is 0.564. The molecule has 0 saturated heterocycles. The first-order chi connectivity index (χ1) is 9.31. The molecule has 0 fully saturated rings. The summed E-state index contributed by atoms with van der Waals surface area (Å²) in [6.07, 6.45) is -3.22. The summed E-state index contributed by atoms with van der Waals surface area (Å²) >= 11 is 7.28. The lowest BCUT2D eigenvalue weighted by Gasteiger charge is -2.09. The molecule has 7 heteroatoms. The second-order valence-electron chi connectivity index (χ2n) is 4.26. The molecule has 1 aromatic heterocycles. The van der Waals surface area contributed by atoms with Gasteiger partial charge in [0.1, 0.15) is 0 Å². The van der Waals surface area contributed by atoms with Gasteiger partial charge in [-0.2, -0.15) is 13.2 Å². The SMILES string of the molecule is CCc1nc(N)sc1Cc1ccc(C(F)(F)F)cc1Cl. The number of rotatable bonds is 3. The number of hydrogen-bond donors (Lipinski definition) is 1. The van der Waals surface area contributed by atoms with Crippen LogP contribution in [0.15, 0.2) is 18.2 Å². The zero-order valence-electron chi connectivity index (χ0n) is 10.6. The van der Waals surface area contributed by atoms with Crippen molar-refractivity contribution in [2.24, 2.45) is 0 Å². The van der Waals surface area contributed by atoms with Crippen LogP contribution in [0.4, 0.5) is 18.3 Å². The number of aromatic nitrogens is 1. The standard InChI is InChI=1S/C13H12ClF3N2S/c1-2-10-11(20-12(18)19-10)5-7-3-4-8(6-9(7)14)13(15,16)17/h3-4,6H,2,5H2,1H3,(H2,18,19). The molecule has 0 spiro atoms. The van der Waals surface area contributed by atoms with E-state index in [1.807, 2.05) is 6.92 Å². The fourth-order valence-electron chi connectivity index (χ4n) is 1.86. The van der Waals surface area contributed by atoms with E-state index in [9.17, 15) is 13.2 Å². The Balaban J connectivity index is 2.30. The zero-order valence-corrected chi connectivity index (χ0v) is 12.2. The average Bonchev–Trinajstić information content (AvgIpc) is 2.70. The van der Waals surface area contributed by atoms with Crippen LogP contribution >= 0.6 is 22.9 Å². The first-order valence-corrected chi connectivity index (χ1v) is 7.10. The van der Waals surface area contributed by atoms with Gasteiger partial charge in [-0.05, 0) is 24.1 Å². The summed E-state index contributed by atoms with van der Waals surface area (Å²) in [4.78, 5) is 5.12. The average molecular weight is 321 g/mol. The highest BCUT2D eigenvalue weighted by Gasteiger charge is 2.30. The summed E-state index contributed by atoms with van der Waals surface area (Å²) in [7, 11) is 0. The second kappa shape index (κ2) is 5.61. The number of hydrogen-bond acceptors (Lipinski definition) is 3. The highest BCUT2D eigenvalue weighted by Crippen LogP contribution is 2.33. The maximum absolute atomic E-state index is 12.6. The molecule has 1 heterocycles. The Kier molecular flexibility index (Phi) is 4.25. The predicted octanol–water partition coefficient (Wildman–Crippen LogP) is 4.55. The molecular weight excluding hydrogens is 309 g/mol. The van der Waals surface area contributed by atoms with E-state index in [1.165, 1.54) is 17.4 Å². The van der Waals surface area contributed by atoms with Crippen molar-refractivity contribution in [1.82, 2.24) is 4.98 Å². The van der Waals surface area contributed by atoms with Crippen LogP contribution < -0.4 is 5.73 Å². The molecule has 108 valence electrons. The molecule has 0 amide bonds. The van der Waals surface area contributed by atoms with E-state index in [2.05, 4.69) is 4.98 Å². The molecule has 0 aliphatic carbocycles. The molecule has 0 unspecified atom stereocenters. The smallest absolute Gasteiger partial charge is 0.375 e. The maximum atomic E-state index is 12.6. The van der Waals surface area contributed by atoms with Gasteiger partial charge in [0.05, 0.1) is 11.3 Å². The molecule has 2 nitrogen and oxygen atoms in total. The van der Waals surface area contributed by atoms with Gasteiger partial charge >= 0.3 is 6.18 Å². The number of aryl methyl sites for hydroxylation is 1. The fraction of sp³-hybridized carbons (Fsp3) is 0.308. The number of nitrogens with zero attached hydrogens (tertiary/aromatic N) is 1. The van der Waals surface area contributed by atoms with Crippen molar-refractivity contribution >= 4 is 28.1 Å². The first-order valence-electron chi connectivity index (χ1n) is 5.91. The number of nitrogens with two attached hydrogens (primary N) is 1. The van der Waals surface area contributed by atoms with Crippen LogP contribution in [0, 0.1) is 0 Å². The van der Waals surface area contributed by atoms with E-state index in [1.54, 1.807) is 0 Å². The number of nitrogen functional groups attached to an aromatic ring is 1.